The quantitative estimate of drug-likeness (QED) is 0.203. The van der Waals surface area contributed by atoms with E-state index < -0.39 is 0 Å². The van der Waals surface area contributed by atoms with Gasteiger partial charge in [0.25, 0.3) is 0 Å². The third kappa shape index (κ3) is 13.6. The molecule has 0 aromatic rings. The fourth-order valence-corrected chi connectivity index (χ4v) is 5.90. The van der Waals surface area contributed by atoms with Gasteiger partial charge in [0.15, 0.2) is 0 Å². The van der Waals surface area contributed by atoms with Gasteiger partial charge < -0.3 is 13.8 Å². The molecule has 0 radical (unpaired) electrons. The van der Waals surface area contributed by atoms with Crippen molar-refractivity contribution in [2.45, 2.75) is 142 Å². The molecular formula is C28H54Zn. The second kappa shape index (κ2) is 20.5. The van der Waals surface area contributed by atoms with Crippen molar-refractivity contribution in [3.63, 3.8) is 0 Å². The van der Waals surface area contributed by atoms with Crippen LogP contribution in [0.2, 0.25) is 0 Å². The van der Waals surface area contributed by atoms with E-state index >= 15 is 0 Å². The molecule has 0 nitrogen and oxygen atoms in total. The van der Waals surface area contributed by atoms with E-state index in [1.54, 1.807) is 0 Å². The number of rotatable bonds is 12. The molecule has 2 aliphatic carbocycles. The van der Waals surface area contributed by atoms with Crippen LogP contribution >= 0.6 is 0 Å². The summed E-state index contributed by atoms with van der Waals surface area (Å²) in [6.07, 6.45) is 28.5. The molecule has 0 N–H and O–H groups in total. The van der Waals surface area contributed by atoms with Crippen molar-refractivity contribution in [3.05, 3.63) is 13.8 Å². The molecule has 1 heteroatoms. The molecule has 0 bridgehead atoms. The van der Waals surface area contributed by atoms with Crippen molar-refractivity contribution in [1.29, 1.82) is 0 Å². The van der Waals surface area contributed by atoms with Gasteiger partial charge in [0, 0.05) is 0 Å². The van der Waals surface area contributed by atoms with Gasteiger partial charge in [0.2, 0.25) is 0 Å². The molecule has 168 valence electrons. The first-order valence-electron chi connectivity index (χ1n) is 13.3. The van der Waals surface area contributed by atoms with Crippen molar-refractivity contribution in [2.75, 3.05) is 0 Å². The van der Waals surface area contributed by atoms with Crippen LogP contribution in [-0.4, -0.2) is 0 Å². The number of hydrogen-bond acceptors (Lipinski definition) is 0. The summed E-state index contributed by atoms with van der Waals surface area (Å²) in [4.78, 5) is 0. The minimum absolute atomic E-state index is 0. The Morgan fingerprint density at radius 1 is 0.586 bits per heavy atom. The van der Waals surface area contributed by atoms with Gasteiger partial charge in [-0.15, -0.1) is 0 Å². The Bertz CT molecular complexity index is 282. The fraction of sp³-hybridized carbons (Fsp3) is 0.929. The van der Waals surface area contributed by atoms with Gasteiger partial charge in [-0.05, 0) is 23.7 Å². The topological polar surface area (TPSA) is 0 Å². The zero-order valence-corrected chi connectivity index (χ0v) is 23.5. The number of unbranched alkanes of at least 4 members (excludes halogenated alkanes) is 2. The Hall–Kier alpha value is 0.623. The van der Waals surface area contributed by atoms with E-state index in [0.29, 0.717) is 0 Å². The predicted molar refractivity (Wildman–Crippen MR) is 128 cm³/mol. The van der Waals surface area contributed by atoms with Gasteiger partial charge in [0.1, 0.15) is 0 Å². The molecule has 0 aromatic heterocycles. The number of hydrogen-bond donors (Lipinski definition) is 0. The molecular weight excluding hydrogens is 402 g/mol. The van der Waals surface area contributed by atoms with Gasteiger partial charge in [-0.1, -0.05) is 129 Å². The summed E-state index contributed by atoms with van der Waals surface area (Å²) in [5, 5.41) is 0. The van der Waals surface area contributed by atoms with E-state index in [0.717, 1.165) is 36.5 Å². The van der Waals surface area contributed by atoms with Crippen LogP contribution in [0.5, 0.6) is 0 Å². The minimum Gasteiger partial charge on any atom is -0.343 e. The van der Waals surface area contributed by atoms with E-state index in [-0.39, 0.29) is 19.5 Å². The first kappa shape index (κ1) is 29.6. The molecule has 2 saturated carbocycles. The predicted octanol–water partition coefficient (Wildman–Crippen LogP) is 9.97. The molecule has 2 rings (SSSR count). The Balaban J connectivity index is 0.000000523. The van der Waals surface area contributed by atoms with Crippen LogP contribution in [0.4, 0.5) is 0 Å². The summed E-state index contributed by atoms with van der Waals surface area (Å²) in [5.41, 5.74) is 0. The Labute approximate surface area is 198 Å². The first-order chi connectivity index (χ1) is 13.8. The van der Waals surface area contributed by atoms with E-state index in [4.69, 9.17) is 0 Å². The normalized spacial score (nSPS) is 20.3. The van der Waals surface area contributed by atoms with Crippen LogP contribution in [0.25, 0.3) is 0 Å². The van der Waals surface area contributed by atoms with Crippen molar-refractivity contribution in [2.24, 2.45) is 23.7 Å². The van der Waals surface area contributed by atoms with Gasteiger partial charge in [0.05, 0.1) is 0 Å². The molecule has 0 spiro atoms. The first-order valence-corrected chi connectivity index (χ1v) is 13.3. The van der Waals surface area contributed by atoms with E-state index in [1.807, 2.05) is 0 Å². The molecule has 0 aromatic carbocycles. The molecule has 2 aliphatic rings. The van der Waals surface area contributed by atoms with E-state index in [1.165, 1.54) is 116 Å². The maximum Gasteiger partial charge on any atom is 2.00 e. The maximum atomic E-state index is 4.03. The van der Waals surface area contributed by atoms with Crippen LogP contribution in [0.3, 0.4) is 0 Å². The SMILES string of the molecule is [CH2-]CCC(CCCC)C1CCCCC1.[CH2-]CCC(CCCC)C1CCCCC1.[Zn+2]. The Morgan fingerprint density at radius 3 is 1.21 bits per heavy atom. The van der Waals surface area contributed by atoms with Crippen molar-refractivity contribution in [3.8, 4) is 0 Å². The summed E-state index contributed by atoms with van der Waals surface area (Å²) >= 11 is 0. The van der Waals surface area contributed by atoms with Gasteiger partial charge in [-0.2, -0.15) is 12.8 Å². The van der Waals surface area contributed by atoms with E-state index in [2.05, 4.69) is 27.7 Å². The average Bonchev–Trinajstić information content (AvgIpc) is 2.76. The molecule has 0 aliphatic heterocycles. The van der Waals surface area contributed by atoms with Crippen molar-refractivity contribution < 1.29 is 19.5 Å². The molecule has 2 fully saturated rings. The minimum atomic E-state index is 0. The monoisotopic (exact) mass is 454 g/mol. The molecule has 0 amide bonds. The smallest absolute Gasteiger partial charge is 0.343 e. The summed E-state index contributed by atoms with van der Waals surface area (Å²) in [6.45, 7) is 12.7. The second-order valence-electron chi connectivity index (χ2n) is 9.89. The summed E-state index contributed by atoms with van der Waals surface area (Å²) in [5.74, 6) is 4.12. The van der Waals surface area contributed by atoms with Crippen LogP contribution in [0.15, 0.2) is 0 Å². The van der Waals surface area contributed by atoms with Crippen LogP contribution in [0, 0.1) is 37.5 Å². The summed E-state index contributed by atoms with van der Waals surface area (Å²) < 4.78 is 0. The second-order valence-corrected chi connectivity index (χ2v) is 9.89. The zero-order valence-electron chi connectivity index (χ0n) is 20.6. The third-order valence-electron chi connectivity index (χ3n) is 7.64. The molecule has 2 unspecified atom stereocenters. The molecule has 0 heterocycles. The average molecular weight is 456 g/mol. The summed E-state index contributed by atoms with van der Waals surface area (Å²) in [6, 6.07) is 0. The fourth-order valence-electron chi connectivity index (χ4n) is 5.90. The standard InChI is InChI=1S/2C14H27.Zn/c2*1-3-5-10-13(9-4-2)14-11-7-6-8-12-14;/h2*13-14H,2-12H2,1H3;/q2*-1;+2. The van der Waals surface area contributed by atoms with Crippen molar-refractivity contribution in [1.82, 2.24) is 0 Å². The Morgan fingerprint density at radius 2 is 0.931 bits per heavy atom. The third-order valence-corrected chi connectivity index (χ3v) is 7.64. The molecule has 2 atom stereocenters. The largest absolute Gasteiger partial charge is 2.00 e. The van der Waals surface area contributed by atoms with Crippen LogP contribution in [0.1, 0.15) is 142 Å². The Kier molecular flexibility index (Phi) is 21.0. The van der Waals surface area contributed by atoms with Crippen molar-refractivity contribution >= 4 is 0 Å². The molecule has 29 heavy (non-hydrogen) atoms. The zero-order chi connectivity index (χ0) is 20.5. The van der Waals surface area contributed by atoms with Gasteiger partial charge in [-0.3, -0.25) is 0 Å². The maximum absolute atomic E-state index is 4.03. The summed E-state index contributed by atoms with van der Waals surface area (Å²) in [7, 11) is 0. The van der Waals surface area contributed by atoms with Gasteiger partial charge >= 0.3 is 19.5 Å². The van der Waals surface area contributed by atoms with Crippen LogP contribution in [-0.2, 0) is 19.5 Å². The van der Waals surface area contributed by atoms with Gasteiger partial charge in [-0.25, -0.2) is 0 Å². The van der Waals surface area contributed by atoms with E-state index in [9.17, 15) is 0 Å². The van der Waals surface area contributed by atoms with Crippen LogP contribution < -0.4 is 0 Å². The molecule has 0 saturated heterocycles.